The lowest BCUT2D eigenvalue weighted by Gasteiger charge is -2.42. The molecule has 5 heteroatoms. The van der Waals surface area contributed by atoms with E-state index in [0.717, 1.165) is 0 Å². The smallest absolute Gasteiger partial charge is 0.303 e. The molecule has 0 aromatic rings. The number of hydrogen-bond donors (Lipinski definition) is 1. The first-order chi connectivity index (χ1) is 7.97. The Kier molecular flexibility index (Phi) is 5.36. The molecule has 5 nitrogen and oxygen atoms in total. The lowest BCUT2D eigenvalue weighted by molar-refractivity contribution is -0.272. The van der Waals surface area contributed by atoms with Crippen molar-refractivity contribution in [3.8, 4) is 0 Å². The second-order valence-electron chi connectivity index (χ2n) is 4.60. The van der Waals surface area contributed by atoms with Crippen LogP contribution in [0.5, 0.6) is 0 Å². The predicted molar refractivity (Wildman–Crippen MR) is 61.3 cm³/mol. The quantitative estimate of drug-likeness (QED) is 0.748. The second kappa shape index (κ2) is 6.33. The minimum absolute atomic E-state index is 0.0421. The van der Waals surface area contributed by atoms with E-state index in [4.69, 9.17) is 19.3 Å². The molecule has 1 aliphatic rings. The Morgan fingerprint density at radius 1 is 1.29 bits per heavy atom. The number of hydrogen-bond acceptors (Lipinski definition) is 5. The SMILES string of the molecule is CC(=O)O[C@@H]1[C@@H](OCCO)O[C@@H](C)[C@@H](C)[C@H]1C. The van der Waals surface area contributed by atoms with Crippen LogP contribution >= 0.6 is 0 Å². The van der Waals surface area contributed by atoms with Crippen molar-refractivity contribution in [1.29, 1.82) is 0 Å². The molecule has 0 amide bonds. The van der Waals surface area contributed by atoms with Crippen molar-refractivity contribution >= 4 is 5.97 Å². The summed E-state index contributed by atoms with van der Waals surface area (Å²) in [4.78, 5) is 11.1. The molecule has 0 radical (unpaired) electrons. The maximum atomic E-state index is 11.1. The second-order valence-corrected chi connectivity index (χ2v) is 4.60. The maximum Gasteiger partial charge on any atom is 0.303 e. The summed E-state index contributed by atoms with van der Waals surface area (Å²) in [5.74, 6) is 0.101. The van der Waals surface area contributed by atoms with Gasteiger partial charge in [-0.2, -0.15) is 0 Å². The van der Waals surface area contributed by atoms with Crippen LogP contribution in [0.2, 0.25) is 0 Å². The number of aliphatic hydroxyl groups is 1. The Labute approximate surface area is 102 Å². The molecule has 1 saturated heterocycles. The Hall–Kier alpha value is -0.650. The van der Waals surface area contributed by atoms with Gasteiger partial charge in [-0.3, -0.25) is 4.79 Å². The molecule has 1 heterocycles. The Balaban J connectivity index is 2.71. The van der Waals surface area contributed by atoms with E-state index in [-0.39, 0.29) is 37.1 Å². The minimum atomic E-state index is -0.591. The molecule has 0 spiro atoms. The number of esters is 1. The first-order valence-corrected chi connectivity index (χ1v) is 6.02. The van der Waals surface area contributed by atoms with Gasteiger partial charge < -0.3 is 19.3 Å². The zero-order valence-electron chi connectivity index (χ0n) is 10.9. The molecule has 0 aliphatic carbocycles. The molecule has 0 aromatic carbocycles. The molecule has 0 unspecified atom stereocenters. The van der Waals surface area contributed by atoms with E-state index >= 15 is 0 Å². The molecule has 5 atom stereocenters. The van der Waals surface area contributed by atoms with E-state index in [0.29, 0.717) is 0 Å². The van der Waals surface area contributed by atoms with Gasteiger partial charge in [0.05, 0.1) is 19.3 Å². The average Bonchev–Trinajstić information content (AvgIpc) is 2.27. The van der Waals surface area contributed by atoms with Crippen molar-refractivity contribution in [3.05, 3.63) is 0 Å². The lowest BCUT2D eigenvalue weighted by atomic mass is 9.84. The number of aliphatic hydroxyl groups excluding tert-OH is 1. The van der Waals surface area contributed by atoms with Crippen LogP contribution in [-0.4, -0.2) is 42.8 Å². The Morgan fingerprint density at radius 2 is 1.94 bits per heavy atom. The minimum Gasteiger partial charge on any atom is -0.457 e. The van der Waals surface area contributed by atoms with Gasteiger partial charge in [-0.15, -0.1) is 0 Å². The first-order valence-electron chi connectivity index (χ1n) is 6.02. The molecule has 0 saturated carbocycles. The van der Waals surface area contributed by atoms with Gasteiger partial charge in [0.1, 0.15) is 0 Å². The maximum absolute atomic E-state index is 11.1. The molecule has 1 aliphatic heterocycles. The molecule has 0 aromatic heterocycles. The van der Waals surface area contributed by atoms with Gasteiger partial charge >= 0.3 is 5.97 Å². The fourth-order valence-corrected chi connectivity index (χ4v) is 2.04. The summed E-state index contributed by atoms with van der Waals surface area (Å²) < 4.78 is 16.3. The van der Waals surface area contributed by atoms with Crippen molar-refractivity contribution in [2.45, 2.75) is 46.2 Å². The van der Waals surface area contributed by atoms with E-state index in [1.54, 1.807) is 0 Å². The fourth-order valence-electron chi connectivity index (χ4n) is 2.04. The largest absolute Gasteiger partial charge is 0.457 e. The van der Waals surface area contributed by atoms with Crippen molar-refractivity contribution in [3.63, 3.8) is 0 Å². The third-order valence-corrected chi connectivity index (χ3v) is 3.38. The van der Waals surface area contributed by atoms with Crippen LogP contribution < -0.4 is 0 Å². The summed E-state index contributed by atoms with van der Waals surface area (Å²) >= 11 is 0. The van der Waals surface area contributed by atoms with Gasteiger partial charge in [-0.1, -0.05) is 13.8 Å². The highest BCUT2D eigenvalue weighted by molar-refractivity contribution is 5.66. The highest BCUT2D eigenvalue weighted by atomic mass is 16.7. The number of rotatable bonds is 4. The van der Waals surface area contributed by atoms with E-state index in [2.05, 4.69) is 6.92 Å². The standard InChI is InChI=1S/C12H22O5/c1-7-8(2)11(17-10(4)14)12(15-6-5-13)16-9(7)3/h7-9,11-13H,5-6H2,1-4H3/t7-,8+,9-,11-,12-/m0/s1. The fraction of sp³-hybridized carbons (Fsp3) is 0.917. The van der Waals surface area contributed by atoms with Gasteiger partial charge in [0, 0.05) is 12.8 Å². The highest BCUT2D eigenvalue weighted by Crippen LogP contribution is 2.32. The van der Waals surface area contributed by atoms with Crippen LogP contribution in [0.25, 0.3) is 0 Å². The Bertz CT molecular complexity index is 255. The van der Waals surface area contributed by atoms with Gasteiger partial charge in [-0.25, -0.2) is 0 Å². The third kappa shape index (κ3) is 3.66. The molecular formula is C12H22O5. The summed E-state index contributed by atoms with van der Waals surface area (Å²) in [5, 5.41) is 8.76. The number of carbonyl (C=O) groups is 1. The first kappa shape index (κ1) is 14.4. The van der Waals surface area contributed by atoms with E-state index in [1.165, 1.54) is 6.92 Å². The zero-order chi connectivity index (χ0) is 13.0. The van der Waals surface area contributed by atoms with Gasteiger partial charge in [0.25, 0.3) is 0 Å². The average molecular weight is 246 g/mol. The normalized spacial score (nSPS) is 37.8. The van der Waals surface area contributed by atoms with Gasteiger partial charge in [0.2, 0.25) is 0 Å². The lowest BCUT2D eigenvalue weighted by Crippen LogP contribution is -2.51. The number of carbonyl (C=O) groups excluding carboxylic acids is 1. The van der Waals surface area contributed by atoms with Crippen LogP contribution in [0.1, 0.15) is 27.7 Å². The monoisotopic (exact) mass is 246 g/mol. The zero-order valence-corrected chi connectivity index (χ0v) is 10.9. The summed E-state index contributed by atoms with van der Waals surface area (Å²) in [6.07, 6.45) is -0.960. The van der Waals surface area contributed by atoms with Crippen molar-refractivity contribution in [1.82, 2.24) is 0 Å². The summed E-state index contributed by atoms with van der Waals surface area (Å²) in [7, 11) is 0. The van der Waals surface area contributed by atoms with Crippen LogP contribution in [0.3, 0.4) is 0 Å². The third-order valence-electron chi connectivity index (χ3n) is 3.38. The van der Waals surface area contributed by atoms with Gasteiger partial charge in [-0.05, 0) is 12.8 Å². The van der Waals surface area contributed by atoms with E-state index in [9.17, 15) is 4.79 Å². The molecular weight excluding hydrogens is 224 g/mol. The molecule has 1 fully saturated rings. The topological polar surface area (TPSA) is 65.0 Å². The van der Waals surface area contributed by atoms with Crippen molar-refractivity contribution in [2.24, 2.45) is 11.8 Å². The van der Waals surface area contributed by atoms with Crippen LogP contribution in [0.15, 0.2) is 0 Å². The molecule has 1 rings (SSSR count). The summed E-state index contributed by atoms with van der Waals surface area (Å²) in [5.41, 5.74) is 0. The van der Waals surface area contributed by atoms with Crippen molar-refractivity contribution in [2.75, 3.05) is 13.2 Å². The molecule has 1 N–H and O–H groups in total. The predicted octanol–water partition coefficient (Wildman–Crippen LogP) is 0.944. The molecule has 100 valence electrons. The van der Waals surface area contributed by atoms with Crippen molar-refractivity contribution < 1.29 is 24.1 Å². The van der Waals surface area contributed by atoms with Crippen LogP contribution in [-0.2, 0) is 19.0 Å². The van der Waals surface area contributed by atoms with E-state index < -0.39 is 12.4 Å². The Morgan fingerprint density at radius 3 is 2.47 bits per heavy atom. The number of ether oxygens (including phenoxy) is 3. The summed E-state index contributed by atoms with van der Waals surface area (Å²) in [6.45, 7) is 7.53. The highest BCUT2D eigenvalue weighted by Gasteiger charge is 2.42. The summed E-state index contributed by atoms with van der Waals surface area (Å²) in [6, 6.07) is 0. The molecule has 17 heavy (non-hydrogen) atoms. The van der Waals surface area contributed by atoms with E-state index in [1.807, 2.05) is 13.8 Å². The van der Waals surface area contributed by atoms with Crippen LogP contribution in [0.4, 0.5) is 0 Å². The van der Waals surface area contributed by atoms with Gasteiger partial charge in [0.15, 0.2) is 12.4 Å². The molecule has 0 bridgehead atoms. The van der Waals surface area contributed by atoms with Crippen LogP contribution in [0, 0.1) is 11.8 Å².